The van der Waals surface area contributed by atoms with Crippen molar-refractivity contribution < 1.29 is 14.6 Å². The largest absolute Gasteiger partial charge is 0.454 e. The van der Waals surface area contributed by atoms with Gasteiger partial charge in [0.05, 0.1) is 6.10 Å². The van der Waals surface area contributed by atoms with Crippen molar-refractivity contribution in [2.45, 2.75) is 13.0 Å². The average Bonchev–Trinajstić information content (AvgIpc) is 2.91. The summed E-state index contributed by atoms with van der Waals surface area (Å²) in [6.07, 6.45) is -0.612. The molecule has 0 fully saturated rings. The minimum Gasteiger partial charge on any atom is -0.454 e. The van der Waals surface area contributed by atoms with Crippen molar-refractivity contribution in [1.29, 1.82) is 0 Å². The molecule has 2 aromatic carbocycles. The van der Waals surface area contributed by atoms with E-state index in [0.29, 0.717) is 12.3 Å². The Morgan fingerprint density at radius 1 is 1.19 bits per heavy atom. The molecule has 1 unspecified atom stereocenters. The number of halogens is 1. The van der Waals surface area contributed by atoms with Crippen LogP contribution in [0, 0.1) is 6.92 Å². The maximum atomic E-state index is 10.3. The average molecular weight is 350 g/mol. The lowest BCUT2D eigenvalue weighted by atomic mass is 10.1. The van der Waals surface area contributed by atoms with E-state index >= 15 is 0 Å². The van der Waals surface area contributed by atoms with Gasteiger partial charge >= 0.3 is 0 Å². The first-order valence-corrected chi connectivity index (χ1v) is 7.50. The topological polar surface area (TPSA) is 50.7 Å². The van der Waals surface area contributed by atoms with Gasteiger partial charge in [-0.15, -0.1) is 0 Å². The van der Waals surface area contributed by atoms with Gasteiger partial charge in [-0.3, -0.25) is 0 Å². The summed E-state index contributed by atoms with van der Waals surface area (Å²) in [7, 11) is 0. The zero-order chi connectivity index (χ0) is 14.8. The molecule has 2 aromatic rings. The molecule has 0 radical (unpaired) electrons. The Hall–Kier alpha value is -1.72. The van der Waals surface area contributed by atoms with Gasteiger partial charge in [-0.2, -0.15) is 0 Å². The Kier molecular flexibility index (Phi) is 4.03. The lowest BCUT2D eigenvalue weighted by Gasteiger charge is -2.14. The summed E-state index contributed by atoms with van der Waals surface area (Å²) in [6, 6.07) is 11.6. The summed E-state index contributed by atoms with van der Waals surface area (Å²) in [5, 5.41) is 13.5. The molecule has 1 atom stereocenters. The highest BCUT2D eigenvalue weighted by atomic mass is 79.9. The standard InChI is InChI=1S/C16H16BrNO3/c1-10-4-12(17)7-13(5-10)18-8-14(19)11-2-3-15-16(6-11)21-9-20-15/h2-7,14,18-19H,8-9H2,1H3. The molecule has 21 heavy (non-hydrogen) atoms. The lowest BCUT2D eigenvalue weighted by molar-refractivity contribution is 0.173. The summed E-state index contributed by atoms with van der Waals surface area (Å²) in [5.74, 6) is 1.41. The van der Waals surface area contributed by atoms with E-state index in [2.05, 4.69) is 21.2 Å². The van der Waals surface area contributed by atoms with Gasteiger partial charge in [-0.1, -0.05) is 22.0 Å². The highest BCUT2D eigenvalue weighted by molar-refractivity contribution is 9.10. The van der Waals surface area contributed by atoms with Crippen molar-refractivity contribution in [3.05, 3.63) is 52.0 Å². The number of aliphatic hydroxyl groups is 1. The highest BCUT2D eigenvalue weighted by Crippen LogP contribution is 2.34. The summed E-state index contributed by atoms with van der Waals surface area (Å²) in [4.78, 5) is 0. The molecule has 3 rings (SSSR count). The molecule has 0 saturated heterocycles. The molecule has 2 N–H and O–H groups in total. The highest BCUT2D eigenvalue weighted by Gasteiger charge is 2.16. The van der Waals surface area contributed by atoms with Gasteiger partial charge in [0.1, 0.15) is 0 Å². The van der Waals surface area contributed by atoms with Crippen LogP contribution in [0.5, 0.6) is 11.5 Å². The summed E-state index contributed by atoms with van der Waals surface area (Å²) in [6.45, 7) is 2.70. The molecule has 4 nitrogen and oxygen atoms in total. The van der Waals surface area contributed by atoms with Crippen LogP contribution in [0.4, 0.5) is 5.69 Å². The first-order chi connectivity index (χ1) is 10.1. The van der Waals surface area contributed by atoms with Crippen LogP contribution in [0.25, 0.3) is 0 Å². The van der Waals surface area contributed by atoms with Crippen molar-refractivity contribution in [3.8, 4) is 11.5 Å². The van der Waals surface area contributed by atoms with Crippen molar-refractivity contribution >= 4 is 21.6 Å². The Balaban J connectivity index is 1.67. The van der Waals surface area contributed by atoms with E-state index in [1.54, 1.807) is 0 Å². The minimum absolute atomic E-state index is 0.241. The quantitative estimate of drug-likeness (QED) is 0.884. The fraction of sp³-hybridized carbons (Fsp3) is 0.250. The van der Waals surface area contributed by atoms with E-state index in [4.69, 9.17) is 9.47 Å². The Morgan fingerprint density at radius 3 is 2.81 bits per heavy atom. The minimum atomic E-state index is -0.612. The van der Waals surface area contributed by atoms with Crippen LogP contribution in [-0.2, 0) is 0 Å². The zero-order valence-electron chi connectivity index (χ0n) is 11.6. The number of aliphatic hydroxyl groups excluding tert-OH is 1. The summed E-state index contributed by atoms with van der Waals surface area (Å²) < 4.78 is 11.6. The van der Waals surface area contributed by atoms with Gasteiger partial charge in [-0.05, 0) is 48.4 Å². The molecule has 110 valence electrons. The van der Waals surface area contributed by atoms with Crippen LogP contribution in [0.3, 0.4) is 0 Å². The van der Waals surface area contributed by atoms with Crippen LogP contribution in [-0.4, -0.2) is 18.4 Å². The van der Waals surface area contributed by atoms with Gasteiger partial charge in [0.15, 0.2) is 11.5 Å². The summed E-state index contributed by atoms with van der Waals surface area (Å²) >= 11 is 3.47. The van der Waals surface area contributed by atoms with Crippen molar-refractivity contribution in [3.63, 3.8) is 0 Å². The molecule has 0 aliphatic carbocycles. The van der Waals surface area contributed by atoms with E-state index < -0.39 is 6.10 Å². The number of ether oxygens (including phenoxy) is 2. The van der Waals surface area contributed by atoms with Gasteiger partial charge in [0, 0.05) is 16.7 Å². The molecule has 0 spiro atoms. The van der Waals surface area contributed by atoms with E-state index in [1.807, 2.05) is 43.3 Å². The molecule has 1 aliphatic rings. The Labute approximate surface area is 131 Å². The van der Waals surface area contributed by atoms with Crippen LogP contribution >= 0.6 is 15.9 Å². The fourth-order valence-electron chi connectivity index (χ4n) is 2.29. The van der Waals surface area contributed by atoms with Gasteiger partial charge in [0.2, 0.25) is 6.79 Å². The van der Waals surface area contributed by atoms with Crippen LogP contribution in [0.15, 0.2) is 40.9 Å². The molecule has 0 bridgehead atoms. The first-order valence-electron chi connectivity index (χ1n) is 6.70. The van der Waals surface area contributed by atoms with Gasteiger partial charge < -0.3 is 19.9 Å². The van der Waals surface area contributed by atoms with Crippen molar-refractivity contribution in [2.24, 2.45) is 0 Å². The number of hydrogen-bond donors (Lipinski definition) is 2. The third-order valence-corrected chi connectivity index (χ3v) is 3.78. The van der Waals surface area contributed by atoms with Gasteiger partial charge in [0.25, 0.3) is 0 Å². The van der Waals surface area contributed by atoms with Crippen LogP contribution in [0.1, 0.15) is 17.2 Å². The third kappa shape index (κ3) is 3.31. The summed E-state index contributed by atoms with van der Waals surface area (Å²) in [5.41, 5.74) is 2.93. The van der Waals surface area contributed by atoms with Gasteiger partial charge in [-0.25, -0.2) is 0 Å². The van der Waals surface area contributed by atoms with Crippen molar-refractivity contribution in [1.82, 2.24) is 0 Å². The number of aryl methyl sites for hydroxylation is 1. The lowest BCUT2D eigenvalue weighted by Crippen LogP contribution is -2.12. The number of fused-ring (bicyclic) bond motifs is 1. The SMILES string of the molecule is Cc1cc(Br)cc(NCC(O)c2ccc3c(c2)OCO3)c1. The zero-order valence-corrected chi connectivity index (χ0v) is 13.2. The predicted molar refractivity (Wildman–Crippen MR) is 84.9 cm³/mol. The molecular weight excluding hydrogens is 334 g/mol. The number of hydrogen-bond acceptors (Lipinski definition) is 4. The second kappa shape index (κ2) is 5.95. The number of anilines is 1. The molecule has 1 aliphatic heterocycles. The van der Waals surface area contributed by atoms with E-state index in [1.165, 1.54) is 0 Å². The molecule has 1 heterocycles. The molecule has 0 amide bonds. The molecule has 5 heteroatoms. The maximum absolute atomic E-state index is 10.3. The molecule has 0 saturated carbocycles. The molecular formula is C16H16BrNO3. The number of benzene rings is 2. The first kappa shape index (κ1) is 14.2. The fourth-order valence-corrected chi connectivity index (χ4v) is 2.90. The third-order valence-electron chi connectivity index (χ3n) is 3.32. The molecule has 0 aromatic heterocycles. The second-order valence-electron chi connectivity index (χ2n) is 5.03. The number of nitrogens with one attached hydrogen (secondary N) is 1. The predicted octanol–water partition coefficient (Wildman–Crippen LogP) is 3.63. The number of rotatable bonds is 4. The second-order valence-corrected chi connectivity index (χ2v) is 5.94. The van der Waals surface area contributed by atoms with Crippen LogP contribution < -0.4 is 14.8 Å². The van der Waals surface area contributed by atoms with Crippen LogP contribution in [0.2, 0.25) is 0 Å². The Morgan fingerprint density at radius 2 is 2.00 bits per heavy atom. The maximum Gasteiger partial charge on any atom is 0.231 e. The van der Waals surface area contributed by atoms with E-state index in [-0.39, 0.29) is 6.79 Å². The van der Waals surface area contributed by atoms with Crippen molar-refractivity contribution in [2.75, 3.05) is 18.7 Å². The monoisotopic (exact) mass is 349 g/mol. The van der Waals surface area contributed by atoms with E-state index in [0.717, 1.165) is 27.0 Å². The van der Waals surface area contributed by atoms with E-state index in [9.17, 15) is 5.11 Å². The smallest absolute Gasteiger partial charge is 0.231 e. The normalized spacial score (nSPS) is 14.0. The Bertz CT molecular complexity index is 640.